The number of aromatic nitrogens is 1. The molecule has 26 heavy (non-hydrogen) atoms. The van der Waals surface area contributed by atoms with Gasteiger partial charge in [0, 0.05) is 22.8 Å². The molecule has 1 aromatic heterocycles. The van der Waals surface area contributed by atoms with Crippen molar-refractivity contribution < 1.29 is 19.1 Å². The van der Waals surface area contributed by atoms with Gasteiger partial charge in [-0.1, -0.05) is 29.8 Å². The van der Waals surface area contributed by atoms with Gasteiger partial charge in [-0.3, -0.25) is 9.59 Å². The van der Waals surface area contributed by atoms with Gasteiger partial charge in [-0.2, -0.15) is 0 Å². The van der Waals surface area contributed by atoms with Crippen molar-refractivity contribution in [1.29, 1.82) is 0 Å². The van der Waals surface area contributed by atoms with Crippen LogP contribution in [0.4, 0.5) is 0 Å². The lowest BCUT2D eigenvalue weighted by atomic mass is 10.1. The number of nitrogens with one attached hydrogen (secondary N) is 2. The minimum atomic E-state index is -0.992. The predicted octanol–water partition coefficient (Wildman–Crippen LogP) is 3.35. The second kappa shape index (κ2) is 8.19. The van der Waals surface area contributed by atoms with E-state index in [1.54, 1.807) is 32.0 Å². The van der Waals surface area contributed by atoms with E-state index in [1.807, 2.05) is 6.07 Å². The van der Waals surface area contributed by atoms with E-state index in [-0.39, 0.29) is 18.0 Å². The van der Waals surface area contributed by atoms with Gasteiger partial charge in [0.25, 0.3) is 5.91 Å². The molecule has 0 radical (unpaired) electrons. The topological polar surface area (TPSA) is 88.3 Å². The van der Waals surface area contributed by atoms with E-state index >= 15 is 0 Å². The second-order valence-electron chi connectivity index (χ2n) is 6.04. The van der Waals surface area contributed by atoms with Crippen LogP contribution in [0.25, 0.3) is 0 Å². The highest BCUT2D eigenvalue weighted by atomic mass is 35.5. The summed E-state index contributed by atoms with van der Waals surface area (Å²) in [5.41, 5.74) is 2.52. The molecule has 2 N–H and O–H groups in total. The predicted molar refractivity (Wildman–Crippen MR) is 98.4 cm³/mol. The number of halogens is 1. The third-order valence-electron chi connectivity index (χ3n) is 4.06. The summed E-state index contributed by atoms with van der Waals surface area (Å²) in [6, 6.07) is 7.15. The Balaban J connectivity index is 2.00. The average Bonchev–Trinajstić information content (AvgIpc) is 2.88. The molecule has 6 nitrogen and oxygen atoms in total. The highest BCUT2D eigenvalue weighted by molar-refractivity contribution is 6.31. The van der Waals surface area contributed by atoms with Gasteiger partial charge in [-0.15, -0.1) is 0 Å². The van der Waals surface area contributed by atoms with Crippen LogP contribution in [0.5, 0.6) is 0 Å². The smallest absolute Gasteiger partial charge is 0.355 e. The van der Waals surface area contributed by atoms with Crippen LogP contribution in [0.15, 0.2) is 24.3 Å². The Bertz CT molecular complexity index is 857. The van der Waals surface area contributed by atoms with Crippen molar-refractivity contribution in [1.82, 2.24) is 10.3 Å². The van der Waals surface area contributed by atoms with Crippen molar-refractivity contribution in [2.45, 2.75) is 40.3 Å². The number of aryl methyl sites for hydroxylation is 1. The van der Waals surface area contributed by atoms with Crippen molar-refractivity contribution in [2.75, 3.05) is 0 Å². The molecule has 1 heterocycles. The fourth-order valence-corrected chi connectivity index (χ4v) is 2.93. The van der Waals surface area contributed by atoms with E-state index in [1.165, 1.54) is 13.8 Å². The summed E-state index contributed by atoms with van der Waals surface area (Å²) in [6.45, 7) is 6.52. The number of hydrogen-bond acceptors (Lipinski definition) is 4. The number of ketones is 1. The number of carbonyl (C=O) groups excluding carboxylic acids is 3. The van der Waals surface area contributed by atoms with Gasteiger partial charge in [-0.25, -0.2) is 4.79 Å². The average molecular weight is 377 g/mol. The maximum absolute atomic E-state index is 12.3. The molecule has 1 atom stereocenters. The molecular formula is C19H21ClN2O4. The normalized spacial score (nSPS) is 11.7. The number of aromatic amines is 1. The highest BCUT2D eigenvalue weighted by Crippen LogP contribution is 2.20. The van der Waals surface area contributed by atoms with Crippen LogP contribution in [-0.2, 0) is 16.1 Å². The Morgan fingerprint density at radius 3 is 2.46 bits per heavy atom. The first-order valence-corrected chi connectivity index (χ1v) is 8.52. The number of benzene rings is 1. The Morgan fingerprint density at radius 2 is 1.88 bits per heavy atom. The maximum Gasteiger partial charge on any atom is 0.355 e. The first-order chi connectivity index (χ1) is 12.2. The fourth-order valence-electron chi connectivity index (χ4n) is 2.72. The van der Waals surface area contributed by atoms with E-state index in [9.17, 15) is 14.4 Å². The molecule has 2 aromatic rings. The number of esters is 1. The molecule has 1 aromatic carbocycles. The number of carbonyl (C=O) groups is 3. The quantitative estimate of drug-likeness (QED) is 0.597. The Kier molecular flexibility index (Phi) is 6.21. The van der Waals surface area contributed by atoms with Gasteiger partial charge in [0.15, 0.2) is 11.9 Å². The van der Waals surface area contributed by atoms with Crippen LogP contribution < -0.4 is 5.32 Å². The standard InChI is InChI=1S/C19H21ClN2O4/c1-10-16(12(3)23)11(2)22-17(10)19(25)26-13(4)18(24)21-9-14-7-5-6-8-15(14)20/h5-8,13,22H,9H2,1-4H3,(H,21,24)/t13-/m0/s1. The molecule has 0 bridgehead atoms. The number of ether oxygens (including phenoxy) is 1. The second-order valence-corrected chi connectivity index (χ2v) is 6.45. The minimum absolute atomic E-state index is 0.138. The van der Waals surface area contributed by atoms with Crippen molar-refractivity contribution in [3.63, 3.8) is 0 Å². The van der Waals surface area contributed by atoms with Crippen LogP contribution in [0.2, 0.25) is 5.02 Å². The van der Waals surface area contributed by atoms with Gasteiger partial charge in [0.2, 0.25) is 0 Å². The zero-order valence-corrected chi connectivity index (χ0v) is 15.9. The summed E-state index contributed by atoms with van der Waals surface area (Å²) in [5, 5.41) is 3.23. The van der Waals surface area contributed by atoms with Crippen molar-refractivity contribution in [3.05, 3.63) is 57.4 Å². The van der Waals surface area contributed by atoms with E-state index in [4.69, 9.17) is 16.3 Å². The molecule has 0 spiro atoms. The molecule has 0 aliphatic heterocycles. The molecular weight excluding hydrogens is 356 g/mol. The van der Waals surface area contributed by atoms with Gasteiger partial charge in [-0.05, 0) is 44.9 Å². The van der Waals surface area contributed by atoms with E-state index in [0.717, 1.165) is 5.56 Å². The molecule has 0 aliphatic carbocycles. The lowest BCUT2D eigenvalue weighted by Crippen LogP contribution is -2.35. The van der Waals surface area contributed by atoms with E-state index in [2.05, 4.69) is 10.3 Å². The fraction of sp³-hybridized carbons (Fsp3) is 0.316. The maximum atomic E-state index is 12.3. The summed E-state index contributed by atoms with van der Waals surface area (Å²) >= 11 is 6.04. The van der Waals surface area contributed by atoms with Gasteiger partial charge in [0.1, 0.15) is 5.69 Å². The molecule has 0 saturated heterocycles. The monoisotopic (exact) mass is 376 g/mol. The molecule has 2 rings (SSSR count). The largest absolute Gasteiger partial charge is 0.448 e. The van der Waals surface area contributed by atoms with Gasteiger partial charge < -0.3 is 15.0 Å². The first kappa shape index (κ1) is 19.7. The molecule has 1 amide bonds. The van der Waals surface area contributed by atoms with Crippen LogP contribution >= 0.6 is 11.6 Å². The zero-order valence-electron chi connectivity index (χ0n) is 15.1. The third kappa shape index (κ3) is 4.32. The molecule has 7 heteroatoms. The molecule has 0 aliphatic rings. The van der Waals surface area contributed by atoms with Crippen LogP contribution in [0.1, 0.15) is 51.5 Å². The number of H-pyrrole nitrogens is 1. The summed E-state index contributed by atoms with van der Waals surface area (Å²) in [7, 11) is 0. The summed E-state index contributed by atoms with van der Waals surface area (Å²) < 4.78 is 5.22. The van der Waals surface area contributed by atoms with E-state index < -0.39 is 18.0 Å². The van der Waals surface area contributed by atoms with Crippen LogP contribution in [0, 0.1) is 13.8 Å². The SMILES string of the molecule is CC(=O)c1c(C)[nH]c(C(=O)O[C@@H](C)C(=O)NCc2ccccc2Cl)c1C. The molecule has 0 saturated carbocycles. The van der Waals surface area contributed by atoms with Crippen molar-refractivity contribution in [2.24, 2.45) is 0 Å². The molecule has 0 fully saturated rings. The number of hydrogen-bond donors (Lipinski definition) is 2. The van der Waals surface area contributed by atoms with Crippen molar-refractivity contribution in [3.8, 4) is 0 Å². The number of amides is 1. The van der Waals surface area contributed by atoms with Crippen LogP contribution in [-0.4, -0.2) is 28.7 Å². The Hall–Kier alpha value is -2.60. The van der Waals surface area contributed by atoms with Gasteiger partial charge in [0.05, 0.1) is 0 Å². The Labute approximate surface area is 156 Å². The lowest BCUT2D eigenvalue weighted by molar-refractivity contribution is -0.129. The third-order valence-corrected chi connectivity index (χ3v) is 4.43. The van der Waals surface area contributed by atoms with Gasteiger partial charge >= 0.3 is 5.97 Å². The zero-order chi connectivity index (χ0) is 19.4. The van der Waals surface area contributed by atoms with Crippen LogP contribution in [0.3, 0.4) is 0 Å². The highest BCUT2D eigenvalue weighted by Gasteiger charge is 2.24. The molecule has 138 valence electrons. The van der Waals surface area contributed by atoms with E-state index in [0.29, 0.717) is 21.8 Å². The Morgan fingerprint density at radius 1 is 1.23 bits per heavy atom. The molecule has 0 unspecified atom stereocenters. The lowest BCUT2D eigenvalue weighted by Gasteiger charge is -2.14. The van der Waals surface area contributed by atoms with Crippen molar-refractivity contribution >= 4 is 29.3 Å². The number of rotatable bonds is 6. The number of Topliss-reactive ketones (excluding diaryl/α,β-unsaturated/α-hetero) is 1. The summed E-state index contributed by atoms with van der Waals surface area (Å²) in [6.07, 6.45) is -0.992. The first-order valence-electron chi connectivity index (χ1n) is 8.14. The minimum Gasteiger partial charge on any atom is -0.448 e. The summed E-state index contributed by atoms with van der Waals surface area (Å²) in [4.78, 5) is 39.0. The summed E-state index contributed by atoms with van der Waals surface area (Å²) in [5.74, 6) is -1.26.